The number of Topliss-reactive ketones (excluding diaryl/α,β-unsaturated/α-hetero) is 1. The third-order valence-corrected chi connectivity index (χ3v) is 7.23. The molecule has 1 saturated heterocycles. The lowest BCUT2D eigenvalue weighted by atomic mass is 9.88. The van der Waals surface area contributed by atoms with E-state index in [9.17, 15) is 14.4 Å². The smallest absolute Gasteiger partial charge is 0.263 e. The number of carbonyl (C=O) groups excluding carboxylic acids is 3. The minimum absolute atomic E-state index is 0.00000821. The van der Waals surface area contributed by atoms with Gasteiger partial charge in [-0.2, -0.15) is 0 Å². The van der Waals surface area contributed by atoms with Gasteiger partial charge >= 0.3 is 0 Å². The van der Waals surface area contributed by atoms with E-state index >= 15 is 0 Å². The number of carbonyl (C=O) groups is 3. The molecule has 0 radical (unpaired) electrons. The number of thiophene rings is 1. The van der Waals surface area contributed by atoms with Gasteiger partial charge in [-0.25, -0.2) is 0 Å². The number of aryl methyl sites for hydroxylation is 2. The van der Waals surface area contributed by atoms with Crippen molar-refractivity contribution in [1.82, 2.24) is 4.90 Å². The quantitative estimate of drug-likeness (QED) is 0.788. The normalized spacial score (nSPS) is 18.6. The van der Waals surface area contributed by atoms with E-state index in [1.54, 1.807) is 29.5 Å². The first-order valence-electron chi connectivity index (χ1n) is 10.1. The molecule has 2 aliphatic heterocycles. The van der Waals surface area contributed by atoms with E-state index in [1.807, 2.05) is 4.90 Å². The summed E-state index contributed by atoms with van der Waals surface area (Å²) in [6.07, 6.45) is 4.70. The highest BCUT2D eigenvalue weighted by atomic mass is 32.1. The van der Waals surface area contributed by atoms with Crippen molar-refractivity contribution in [1.29, 1.82) is 0 Å². The molecule has 29 heavy (non-hydrogen) atoms. The zero-order chi connectivity index (χ0) is 20.0. The second kappa shape index (κ2) is 7.30. The van der Waals surface area contributed by atoms with E-state index in [-0.39, 0.29) is 30.1 Å². The van der Waals surface area contributed by atoms with E-state index in [1.165, 1.54) is 16.9 Å². The largest absolute Gasteiger partial charge is 0.482 e. The van der Waals surface area contributed by atoms with Crippen molar-refractivity contribution in [3.05, 3.63) is 45.1 Å². The number of nitrogens with one attached hydrogen (secondary N) is 1. The maximum atomic E-state index is 13.0. The molecule has 0 unspecified atom stereocenters. The lowest BCUT2D eigenvalue weighted by Crippen LogP contribution is -2.40. The van der Waals surface area contributed by atoms with Crippen LogP contribution in [0.3, 0.4) is 0 Å². The number of rotatable bonds is 3. The van der Waals surface area contributed by atoms with Gasteiger partial charge in [0.25, 0.3) is 11.8 Å². The molecule has 7 heteroatoms. The van der Waals surface area contributed by atoms with Gasteiger partial charge in [0, 0.05) is 29.4 Å². The van der Waals surface area contributed by atoms with Gasteiger partial charge in [0.1, 0.15) is 5.75 Å². The van der Waals surface area contributed by atoms with Crippen LogP contribution in [-0.2, 0) is 17.6 Å². The Morgan fingerprint density at radius 2 is 1.97 bits per heavy atom. The summed E-state index contributed by atoms with van der Waals surface area (Å²) in [5.41, 5.74) is 2.46. The summed E-state index contributed by atoms with van der Waals surface area (Å²) in [4.78, 5) is 41.4. The molecule has 2 amide bonds. The third-order valence-electron chi connectivity index (χ3n) is 6.01. The Bertz CT molecular complexity index is 983. The monoisotopic (exact) mass is 410 g/mol. The third kappa shape index (κ3) is 3.44. The molecule has 3 aliphatic rings. The van der Waals surface area contributed by atoms with Crippen molar-refractivity contribution in [3.8, 4) is 5.75 Å². The van der Waals surface area contributed by atoms with Crippen LogP contribution in [0.4, 0.5) is 5.69 Å². The fourth-order valence-corrected chi connectivity index (χ4v) is 5.63. The first-order valence-corrected chi connectivity index (χ1v) is 10.9. The van der Waals surface area contributed by atoms with E-state index in [0.29, 0.717) is 42.9 Å². The van der Waals surface area contributed by atoms with Crippen LogP contribution < -0.4 is 10.1 Å². The maximum absolute atomic E-state index is 13.0. The Balaban J connectivity index is 1.23. The van der Waals surface area contributed by atoms with Gasteiger partial charge in [0.05, 0.1) is 10.6 Å². The molecule has 6 nitrogen and oxygen atoms in total. The molecule has 0 bridgehead atoms. The zero-order valence-electron chi connectivity index (χ0n) is 16.0. The Morgan fingerprint density at radius 3 is 2.76 bits per heavy atom. The average molecular weight is 410 g/mol. The molecule has 5 rings (SSSR count). The molecule has 150 valence electrons. The van der Waals surface area contributed by atoms with Crippen LogP contribution >= 0.6 is 11.3 Å². The van der Waals surface area contributed by atoms with E-state index < -0.39 is 0 Å². The van der Waals surface area contributed by atoms with Crippen LogP contribution in [0, 0.1) is 5.92 Å². The van der Waals surface area contributed by atoms with Gasteiger partial charge in [-0.05, 0) is 61.9 Å². The molecule has 0 saturated carbocycles. The number of anilines is 1. The van der Waals surface area contributed by atoms with Gasteiger partial charge < -0.3 is 15.0 Å². The van der Waals surface area contributed by atoms with Crippen LogP contribution in [0.1, 0.15) is 49.7 Å². The summed E-state index contributed by atoms with van der Waals surface area (Å²) in [7, 11) is 0. The number of ketones is 1. The highest BCUT2D eigenvalue weighted by Crippen LogP contribution is 2.33. The van der Waals surface area contributed by atoms with Crippen LogP contribution in [-0.4, -0.2) is 42.2 Å². The second-order valence-corrected chi connectivity index (χ2v) is 9.03. The standard InChI is InChI=1S/C22H22N2O4S/c25-20-12-28-17-5-4-15(10-16(17)23-20)21(26)13-6-8-24(9-7-13)22(27)19-11-14-2-1-3-18(14)29-19/h4-5,10-11,13H,1-3,6-9,12H2,(H,23,25). The van der Waals surface area contributed by atoms with Crippen LogP contribution in [0.15, 0.2) is 24.3 Å². The first kappa shape index (κ1) is 18.4. The van der Waals surface area contributed by atoms with E-state index in [0.717, 1.165) is 17.7 Å². The van der Waals surface area contributed by atoms with Crippen molar-refractivity contribution >= 4 is 34.6 Å². The molecule has 1 aromatic carbocycles. The SMILES string of the molecule is O=C1COc2ccc(C(=O)C3CCN(C(=O)c4cc5c(s4)CCC5)CC3)cc2N1. The number of hydrogen-bond acceptors (Lipinski definition) is 5. The molecule has 0 atom stereocenters. The Labute approximate surface area is 172 Å². The van der Waals surface area contributed by atoms with Crippen molar-refractivity contribution in [3.63, 3.8) is 0 Å². The van der Waals surface area contributed by atoms with Crippen molar-refractivity contribution in [2.75, 3.05) is 25.0 Å². The van der Waals surface area contributed by atoms with Gasteiger partial charge in [-0.3, -0.25) is 14.4 Å². The van der Waals surface area contributed by atoms with E-state index in [2.05, 4.69) is 11.4 Å². The number of benzene rings is 1. The predicted octanol–water partition coefficient (Wildman–Crippen LogP) is 3.30. The lowest BCUT2D eigenvalue weighted by Gasteiger charge is -2.31. The van der Waals surface area contributed by atoms with Gasteiger partial charge in [0.2, 0.25) is 0 Å². The highest BCUT2D eigenvalue weighted by Gasteiger charge is 2.30. The Kier molecular flexibility index (Phi) is 4.62. The molecule has 1 aromatic heterocycles. The number of ether oxygens (including phenoxy) is 1. The van der Waals surface area contributed by atoms with Crippen LogP contribution in [0.2, 0.25) is 0 Å². The molecule has 2 aromatic rings. The second-order valence-electron chi connectivity index (χ2n) is 7.89. The molecule has 0 spiro atoms. The van der Waals surface area contributed by atoms with Crippen molar-refractivity contribution < 1.29 is 19.1 Å². The van der Waals surface area contributed by atoms with Gasteiger partial charge in [-0.15, -0.1) is 11.3 Å². The topological polar surface area (TPSA) is 75.7 Å². The number of fused-ring (bicyclic) bond motifs is 2. The minimum atomic E-state index is -0.214. The van der Waals surface area contributed by atoms with Crippen LogP contribution in [0.5, 0.6) is 5.75 Å². The zero-order valence-corrected chi connectivity index (χ0v) is 16.8. The summed E-state index contributed by atoms with van der Waals surface area (Å²) in [6.45, 7) is 1.20. The number of hydrogen-bond donors (Lipinski definition) is 1. The molecule has 1 aliphatic carbocycles. The summed E-state index contributed by atoms with van der Waals surface area (Å²) in [5.74, 6) is 0.433. The van der Waals surface area contributed by atoms with Crippen molar-refractivity contribution in [2.45, 2.75) is 32.1 Å². The minimum Gasteiger partial charge on any atom is -0.482 e. The van der Waals surface area contributed by atoms with Crippen LogP contribution in [0.25, 0.3) is 0 Å². The van der Waals surface area contributed by atoms with Gasteiger partial charge in [0.15, 0.2) is 12.4 Å². The van der Waals surface area contributed by atoms with Crippen molar-refractivity contribution in [2.24, 2.45) is 5.92 Å². The average Bonchev–Trinajstić information content (AvgIpc) is 3.34. The summed E-state index contributed by atoms with van der Waals surface area (Å²) in [6, 6.07) is 7.25. The molecule has 1 N–H and O–H groups in total. The predicted molar refractivity (Wildman–Crippen MR) is 110 cm³/mol. The van der Waals surface area contributed by atoms with Gasteiger partial charge in [-0.1, -0.05) is 0 Å². The fourth-order valence-electron chi connectivity index (χ4n) is 4.41. The summed E-state index contributed by atoms with van der Waals surface area (Å²) < 4.78 is 5.35. The number of piperidine rings is 1. The molecule has 3 heterocycles. The lowest BCUT2D eigenvalue weighted by molar-refractivity contribution is -0.118. The Morgan fingerprint density at radius 1 is 1.14 bits per heavy atom. The summed E-state index contributed by atoms with van der Waals surface area (Å²) >= 11 is 1.64. The Hall–Kier alpha value is -2.67. The number of likely N-dealkylation sites (tertiary alicyclic amines) is 1. The number of amides is 2. The maximum Gasteiger partial charge on any atom is 0.263 e. The molecule has 1 fully saturated rings. The molecular weight excluding hydrogens is 388 g/mol. The first-order chi connectivity index (χ1) is 14.1. The number of nitrogens with zero attached hydrogens (tertiary/aromatic N) is 1. The molecular formula is C22H22N2O4S. The summed E-state index contributed by atoms with van der Waals surface area (Å²) in [5, 5.41) is 2.75. The highest BCUT2D eigenvalue weighted by molar-refractivity contribution is 7.14. The van der Waals surface area contributed by atoms with E-state index in [4.69, 9.17) is 4.74 Å². The fraction of sp³-hybridized carbons (Fsp3) is 0.409.